The largest absolute Gasteiger partial charge is 0.337 e. The number of fused-ring (bicyclic) bond motifs is 1. The van der Waals surface area contributed by atoms with Crippen LogP contribution < -0.4 is 4.90 Å². The average molecular weight is 226 g/mol. The third-order valence-electron chi connectivity index (χ3n) is 2.42. The summed E-state index contributed by atoms with van der Waals surface area (Å²) in [5.74, 6) is 0. The van der Waals surface area contributed by atoms with E-state index in [0.29, 0.717) is 5.69 Å². The fourth-order valence-corrected chi connectivity index (χ4v) is 2.86. The molecule has 0 fully saturated rings. The van der Waals surface area contributed by atoms with Gasteiger partial charge < -0.3 is 0 Å². The third-order valence-corrected chi connectivity index (χ3v) is 4.20. The summed E-state index contributed by atoms with van der Waals surface area (Å²) in [6.07, 6.45) is 0. The first-order valence-electron chi connectivity index (χ1n) is 4.32. The van der Waals surface area contributed by atoms with E-state index in [9.17, 15) is 13.2 Å². The second kappa shape index (κ2) is 2.96. The van der Waals surface area contributed by atoms with Crippen LogP contribution in [0.15, 0.2) is 29.2 Å². The maximum atomic E-state index is 11.8. The maximum absolute atomic E-state index is 11.8. The van der Waals surface area contributed by atoms with Gasteiger partial charge in [0.05, 0.1) is 5.69 Å². The van der Waals surface area contributed by atoms with Gasteiger partial charge >= 0.3 is 6.03 Å². The summed E-state index contributed by atoms with van der Waals surface area (Å²) >= 11 is 0. The Morgan fingerprint density at radius 1 is 1.13 bits per heavy atom. The highest BCUT2D eigenvalue weighted by Gasteiger charge is 2.36. The summed E-state index contributed by atoms with van der Waals surface area (Å²) in [5.41, 5.74) is 0.417. The fourth-order valence-electron chi connectivity index (χ4n) is 1.52. The van der Waals surface area contributed by atoms with E-state index in [1.165, 1.54) is 18.0 Å². The van der Waals surface area contributed by atoms with Crippen LogP contribution in [0.4, 0.5) is 10.5 Å². The molecule has 0 atom stereocenters. The predicted octanol–water partition coefficient (Wildman–Crippen LogP) is 0.877. The Balaban J connectivity index is 2.78. The number of hydrogen-bond donors (Lipinski definition) is 0. The predicted molar refractivity (Wildman–Crippen MR) is 55.2 cm³/mol. The van der Waals surface area contributed by atoms with Crippen LogP contribution in [0, 0.1) is 0 Å². The van der Waals surface area contributed by atoms with E-state index in [0.717, 1.165) is 4.31 Å². The second-order valence-electron chi connectivity index (χ2n) is 3.28. The van der Waals surface area contributed by atoms with Crippen molar-refractivity contribution in [2.75, 3.05) is 19.0 Å². The fraction of sp³-hybridized carbons (Fsp3) is 0.222. The van der Waals surface area contributed by atoms with Crippen molar-refractivity contribution in [3.63, 3.8) is 0 Å². The Hall–Kier alpha value is -1.56. The number of hydrogen-bond acceptors (Lipinski definition) is 3. The molecular weight excluding hydrogens is 216 g/mol. The summed E-state index contributed by atoms with van der Waals surface area (Å²) in [6, 6.07) is 5.88. The van der Waals surface area contributed by atoms with Gasteiger partial charge in [0.15, 0.2) is 0 Å². The van der Waals surface area contributed by atoms with E-state index in [2.05, 4.69) is 0 Å². The molecule has 0 aliphatic carbocycles. The van der Waals surface area contributed by atoms with Crippen molar-refractivity contribution >= 4 is 21.7 Å². The van der Waals surface area contributed by atoms with Gasteiger partial charge in [-0.05, 0) is 12.1 Å². The molecule has 6 heteroatoms. The number of para-hydroxylation sites is 1. The molecule has 0 N–H and O–H groups in total. The highest BCUT2D eigenvalue weighted by molar-refractivity contribution is 7.90. The van der Waals surface area contributed by atoms with E-state index in [1.807, 2.05) is 0 Å². The first kappa shape index (κ1) is 9.97. The lowest BCUT2D eigenvalue weighted by Gasteiger charge is -2.31. The van der Waals surface area contributed by atoms with Crippen molar-refractivity contribution in [1.29, 1.82) is 0 Å². The molecule has 80 valence electrons. The molecule has 0 saturated heterocycles. The number of carbonyl (C=O) groups excluding carboxylic acids is 1. The van der Waals surface area contributed by atoms with E-state index in [-0.39, 0.29) is 4.90 Å². The van der Waals surface area contributed by atoms with Crippen molar-refractivity contribution in [2.24, 2.45) is 0 Å². The standard InChI is InChI=1S/C9H10N2O3S/c1-10-7-5-3-4-6-8(7)15(13,14)11(2)9(10)12/h3-6H,1-2H3. The summed E-state index contributed by atoms with van der Waals surface area (Å²) < 4.78 is 24.4. The van der Waals surface area contributed by atoms with Crippen LogP contribution in [0.2, 0.25) is 0 Å². The smallest absolute Gasteiger partial charge is 0.295 e. The molecule has 1 heterocycles. The van der Waals surface area contributed by atoms with Gasteiger partial charge in [-0.15, -0.1) is 0 Å². The molecule has 1 aliphatic rings. The highest BCUT2D eigenvalue weighted by atomic mass is 32.2. The van der Waals surface area contributed by atoms with Crippen LogP contribution in [0.25, 0.3) is 0 Å². The lowest BCUT2D eigenvalue weighted by atomic mass is 10.3. The van der Waals surface area contributed by atoms with Crippen molar-refractivity contribution in [1.82, 2.24) is 4.31 Å². The van der Waals surface area contributed by atoms with Gasteiger partial charge in [0.1, 0.15) is 4.90 Å². The van der Waals surface area contributed by atoms with Crippen LogP contribution in [-0.4, -0.2) is 32.8 Å². The molecule has 15 heavy (non-hydrogen) atoms. The molecule has 2 amide bonds. The number of anilines is 1. The van der Waals surface area contributed by atoms with Gasteiger partial charge in [-0.25, -0.2) is 17.5 Å². The summed E-state index contributed by atoms with van der Waals surface area (Å²) in [5, 5.41) is 0. The first-order chi connectivity index (χ1) is 6.96. The number of carbonyl (C=O) groups is 1. The number of sulfonamides is 1. The molecule has 5 nitrogen and oxygen atoms in total. The Morgan fingerprint density at radius 3 is 2.40 bits per heavy atom. The van der Waals surface area contributed by atoms with E-state index in [1.54, 1.807) is 25.2 Å². The van der Waals surface area contributed by atoms with Gasteiger partial charge in [0.2, 0.25) is 0 Å². The van der Waals surface area contributed by atoms with Gasteiger partial charge in [-0.3, -0.25) is 4.90 Å². The topological polar surface area (TPSA) is 57.7 Å². The molecule has 0 aromatic heterocycles. The van der Waals surface area contributed by atoms with Gasteiger partial charge in [0, 0.05) is 14.1 Å². The molecule has 0 spiro atoms. The zero-order chi connectivity index (χ0) is 11.2. The molecule has 1 aliphatic heterocycles. The number of nitrogens with zero attached hydrogens (tertiary/aromatic N) is 2. The van der Waals surface area contributed by atoms with Crippen LogP contribution in [-0.2, 0) is 10.0 Å². The number of urea groups is 1. The lowest BCUT2D eigenvalue weighted by molar-refractivity contribution is 0.234. The second-order valence-corrected chi connectivity index (χ2v) is 5.22. The molecule has 1 aromatic rings. The quantitative estimate of drug-likeness (QED) is 0.659. The molecule has 0 bridgehead atoms. The molecule has 0 saturated carbocycles. The lowest BCUT2D eigenvalue weighted by Crippen LogP contribution is -2.46. The van der Waals surface area contributed by atoms with Crippen LogP contribution >= 0.6 is 0 Å². The molecular formula is C9H10N2O3S. The van der Waals surface area contributed by atoms with E-state index < -0.39 is 16.1 Å². The normalized spacial score (nSPS) is 18.9. The Morgan fingerprint density at radius 2 is 1.73 bits per heavy atom. The average Bonchev–Trinajstić information content (AvgIpc) is 2.24. The van der Waals surface area contributed by atoms with Gasteiger partial charge in [-0.1, -0.05) is 12.1 Å². The Kier molecular flexibility index (Phi) is 1.97. The Bertz CT molecular complexity index is 524. The minimum atomic E-state index is -3.66. The van der Waals surface area contributed by atoms with Crippen LogP contribution in [0.5, 0.6) is 0 Å². The van der Waals surface area contributed by atoms with E-state index in [4.69, 9.17) is 0 Å². The SMILES string of the molecule is CN1C(=O)N(C)S(=O)(=O)c2ccccc21. The number of rotatable bonds is 0. The molecule has 0 unspecified atom stereocenters. The van der Waals surface area contributed by atoms with Crippen LogP contribution in [0.1, 0.15) is 0 Å². The van der Waals surface area contributed by atoms with Gasteiger partial charge in [-0.2, -0.15) is 0 Å². The maximum Gasteiger partial charge on any atom is 0.337 e. The van der Waals surface area contributed by atoms with Crippen LogP contribution in [0.3, 0.4) is 0 Å². The minimum Gasteiger partial charge on any atom is -0.295 e. The summed E-state index contributed by atoms with van der Waals surface area (Å²) in [6.45, 7) is 0. The minimum absolute atomic E-state index is 0.162. The van der Waals surface area contributed by atoms with Gasteiger partial charge in [0.25, 0.3) is 10.0 Å². The zero-order valence-corrected chi connectivity index (χ0v) is 9.15. The van der Waals surface area contributed by atoms with Crippen molar-refractivity contribution < 1.29 is 13.2 Å². The third kappa shape index (κ3) is 1.21. The van der Waals surface area contributed by atoms with Crippen molar-refractivity contribution in [3.05, 3.63) is 24.3 Å². The van der Waals surface area contributed by atoms with Crippen molar-refractivity contribution in [2.45, 2.75) is 4.90 Å². The monoisotopic (exact) mass is 226 g/mol. The molecule has 0 radical (unpaired) electrons. The molecule has 1 aromatic carbocycles. The van der Waals surface area contributed by atoms with Crippen molar-refractivity contribution in [3.8, 4) is 0 Å². The Labute approximate surface area is 88.0 Å². The number of amides is 2. The number of benzene rings is 1. The molecule has 2 rings (SSSR count). The summed E-state index contributed by atoms with van der Waals surface area (Å²) in [4.78, 5) is 13.1. The van der Waals surface area contributed by atoms with E-state index >= 15 is 0 Å². The zero-order valence-electron chi connectivity index (χ0n) is 8.34. The first-order valence-corrected chi connectivity index (χ1v) is 5.76. The highest BCUT2D eigenvalue weighted by Crippen LogP contribution is 2.31. The summed E-state index contributed by atoms with van der Waals surface area (Å²) in [7, 11) is -0.859.